The number of anilines is 2. The summed E-state index contributed by atoms with van der Waals surface area (Å²) in [6, 6.07) is 9.10. The molecule has 0 fully saturated rings. The van der Waals surface area contributed by atoms with Gasteiger partial charge in [0.15, 0.2) is 12.4 Å². The SMILES string of the molecule is CC(C)(C)NC(=O)COc1cccc(-c2nccc(Nc3cn[nH]c3)n2)c1. The Labute approximate surface area is 157 Å². The standard InChI is InChI=1S/C19H22N6O2/c1-19(2,3)25-17(26)12-27-15-6-4-5-13(9-15)18-20-8-7-16(24-18)23-14-10-21-22-11-14/h4-11H,12H2,1-3H3,(H,21,22)(H,25,26)(H,20,23,24). The van der Waals surface area contributed by atoms with Gasteiger partial charge in [-0.15, -0.1) is 0 Å². The van der Waals surface area contributed by atoms with Crippen molar-refractivity contribution >= 4 is 17.4 Å². The number of nitrogens with one attached hydrogen (secondary N) is 3. The second-order valence-corrected chi connectivity index (χ2v) is 6.99. The molecule has 3 N–H and O–H groups in total. The Balaban J connectivity index is 1.69. The van der Waals surface area contributed by atoms with Gasteiger partial charge >= 0.3 is 0 Å². The Morgan fingerprint density at radius 3 is 2.85 bits per heavy atom. The molecule has 0 unspecified atom stereocenters. The lowest BCUT2D eigenvalue weighted by Crippen LogP contribution is -2.43. The van der Waals surface area contributed by atoms with Crippen molar-refractivity contribution in [3.8, 4) is 17.1 Å². The summed E-state index contributed by atoms with van der Waals surface area (Å²) in [5.41, 5.74) is 1.31. The van der Waals surface area contributed by atoms with Crippen LogP contribution in [0.15, 0.2) is 48.9 Å². The molecule has 0 atom stereocenters. The zero-order valence-corrected chi connectivity index (χ0v) is 15.5. The first-order valence-corrected chi connectivity index (χ1v) is 8.52. The van der Waals surface area contributed by atoms with Gasteiger partial charge in [-0.3, -0.25) is 9.89 Å². The van der Waals surface area contributed by atoms with Crippen molar-refractivity contribution in [3.05, 3.63) is 48.9 Å². The number of benzene rings is 1. The smallest absolute Gasteiger partial charge is 0.258 e. The minimum Gasteiger partial charge on any atom is -0.484 e. The number of nitrogens with zero attached hydrogens (tertiary/aromatic N) is 3. The van der Waals surface area contributed by atoms with Crippen LogP contribution >= 0.6 is 0 Å². The third-order valence-electron chi connectivity index (χ3n) is 3.40. The summed E-state index contributed by atoms with van der Waals surface area (Å²) < 4.78 is 5.60. The topological polar surface area (TPSA) is 105 Å². The quantitative estimate of drug-likeness (QED) is 0.619. The van der Waals surface area contributed by atoms with E-state index in [1.54, 1.807) is 36.8 Å². The first kappa shape index (κ1) is 18.4. The molecule has 27 heavy (non-hydrogen) atoms. The molecule has 0 saturated heterocycles. The number of aromatic amines is 1. The van der Waals surface area contributed by atoms with E-state index in [1.165, 1.54) is 0 Å². The van der Waals surface area contributed by atoms with E-state index in [4.69, 9.17) is 4.74 Å². The van der Waals surface area contributed by atoms with Gasteiger partial charge in [-0.05, 0) is 39.0 Å². The molecule has 3 aromatic rings. The molecule has 8 heteroatoms. The molecule has 1 amide bonds. The Morgan fingerprint density at radius 1 is 1.26 bits per heavy atom. The largest absolute Gasteiger partial charge is 0.484 e. The summed E-state index contributed by atoms with van der Waals surface area (Å²) in [7, 11) is 0. The summed E-state index contributed by atoms with van der Waals surface area (Å²) in [6.45, 7) is 5.72. The molecular formula is C19H22N6O2. The average Bonchev–Trinajstić information content (AvgIpc) is 3.12. The highest BCUT2D eigenvalue weighted by Crippen LogP contribution is 2.22. The minimum absolute atomic E-state index is 0.0519. The van der Waals surface area contributed by atoms with Crippen LogP contribution in [0.2, 0.25) is 0 Å². The van der Waals surface area contributed by atoms with Crippen LogP contribution in [0.5, 0.6) is 5.75 Å². The van der Waals surface area contributed by atoms with Gasteiger partial charge in [0.05, 0.1) is 11.9 Å². The number of carbonyl (C=O) groups is 1. The lowest BCUT2D eigenvalue weighted by molar-refractivity contribution is -0.124. The van der Waals surface area contributed by atoms with Crippen molar-refractivity contribution in [2.24, 2.45) is 0 Å². The first-order chi connectivity index (χ1) is 12.9. The van der Waals surface area contributed by atoms with Gasteiger partial charge in [-0.2, -0.15) is 5.10 Å². The van der Waals surface area contributed by atoms with Crippen LogP contribution in [0.1, 0.15) is 20.8 Å². The van der Waals surface area contributed by atoms with Crippen molar-refractivity contribution < 1.29 is 9.53 Å². The van der Waals surface area contributed by atoms with Gasteiger partial charge in [0.1, 0.15) is 11.6 Å². The van der Waals surface area contributed by atoms with Crippen molar-refractivity contribution in [3.63, 3.8) is 0 Å². The summed E-state index contributed by atoms with van der Waals surface area (Å²) in [5, 5.41) is 12.6. The van der Waals surface area contributed by atoms with Crippen molar-refractivity contribution in [1.82, 2.24) is 25.5 Å². The van der Waals surface area contributed by atoms with Crippen molar-refractivity contribution in [2.75, 3.05) is 11.9 Å². The predicted octanol–water partition coefficient (Wildman–Crippen LogP) is 2.90. The summed E-state index contributed by atoms with van der Waals surface area (Å²) in [5.74, 6) is 1.61. The molecule has 140 valence electrons. The number of amides is 1. The van der Waals surface area contributed by atoms with E-state index in [2.05, 4.69) is 30.8 Å². The number of carbonyl (C=O) groups excluding carboxylic acids is 1. The molecular weight excluding hydrogens is 344 g/mol. The molecule has 0 aliphatic rings. The lowest BCUT2D eigenvalue weighted by Gasteiger charge is -2.20. The van der Waals surface area contributed by atoms with E-state index < -0.39 is 0 Å². The monoisotopic (exact) mass is 366 g/mol. The normalized spacial score (nSPS) is 11.1. The molecule has 3 rings (SSSR count). The maximum atomic E-state index is 11.9. The van der Waals surface area contributed by atoms with Crippen LogP contribution in [0.3, 0.4) is 0 Å². The number of aromatic nitrogens is 4. The number of hydrogen-bond acceptors (Lipinski definition) is 6. The van der Waals surface area contributed by atoms with Crippen molar-refractivity contribution in [1.29, 1.82) is 0 Å². The third kappa shape index (κ3) is 5.53. The second kappa shape index (κ2) is 7.86. The first-order valence-electron chi connectivity index (χ1n) is 8.52. The van der Waals surface area contributed by atoms with Crippen molar-refractivity contribution in [2.45, 2.75) is 26.3 Å². The van der Waals surface area contributed by atoms with Gasteiger partial charge in [0.2, 0.25) is 0 Å². The molecule has 0 radical (unpaired) electrons. The van der Waals surface area contributed by atoms with Gasteiger partial charge in [0.25, 0.3) is 5.91 Å². The lowest BCUT2D eigenvalue weighted by atomic mass is 10.1. The van der Waals surface area contributed by atoms with E-state index >= 15 is 0 Å². The molecule has 2 aromatic heterocycles. The summed E-state index contributed by atoms with van der Waals surface area (Å²) in [4.78, 5) is 20.7. The Morgan fingerprint density at radius 2 is 2.11 bits per heavy atom. The Bertz CT molecular complexity index is 903. The van der Waals surface area contributed by atoms with Crippen LogP contribution in [-0.4, -0.2) is 38.2 Å². The molecule has 0 saturated carbocycles. The zero-order chi connectivity index (χ0) is 19.3. The molecule has 0 aliphatic carbocycles. The zero-order valence-electron chi connectivity index (χ0n) is 15.5. The summed E-state index contributed by atoms with van der Waals surface area (Å²) >= 11 is 0. The maximum absolute atomic E-state index is 11.9. The van der Waals surface area contributed by atoms with Gasteiger partial charge in [-0.25, -0.2) is 9.97 Å². The van der Waals surface area contributed by atoms with Crippen LogP contribution in [-0.2, 0) is 4.79 Å². The molecule has 0 aliphatic heterocycles. The fourth-order valence-electron chi connectivity index (χ4n) is 2.36. The van der Waals surface area contributed by atoms with E-state index in [0.717, 1.165) is 11.3 Å². The third-order valence-corrected chi connectivity index (χ3v) is 3.40. The Hall–Kier alpha value is -3.42. The molecule has 8 nitrogen and oxygen atoms in total. The van der Waals surface area contributed by atoms with Gasteiger partial charge < -0.3 is 15.4 Å². The number of H-pyrrole nitrogens is 1. The predicted molar refractivity (Wildman–Crippen MR) is 103 cm³/mol. The van der Waals surface area contributed by atoms with E-state index in [1.807, 2.05) is 32.9 Å². The molecule has 0 bridgehead atoms. The Kier molecular flexibility index (Phi) is 5.35. The molecule has 1 aromatic carbocycles. The fraction of sp³-hybridized carbons (Fsp3) is 0.263. The number of ether oxygens (including phenoxy) is 1. The molecule has 0 spiro atoms. The highest BCUT2D eigenvalue weighted by molar-refractivity contribution is 5.78. The van der Waals surface area contributed by atoms with Crippen LogP contribution in [0.25, 0.3) is 11.4 Å². The van der Waals surface area contributed by atoms with Gasteiger partial charge in [-0.1, -0.05) is 12.1 Å². The maximum Gasteiger partial charge on any atom is 0.258 e. The summed E-state index contributed by atoms with van der Waals surface area (Å²) in [6.07, 6.45) is 5.08. The fourth-order valence-corrected chi connectivity index (χ4v) is 2.36. The highest BCUT2D eigenvalue weighted by Gasteiger charge is 2.14. The van der Waals surface area contributed by atoms with Gasteiger partial charge in [0, 0.05) is 23.5 Å². The highest BCUT2D eigenvalue weighted by atomic mass is 16.5. The number of hydrogen-bond donors (Lipinski definition) is 3. The minimum atomic E-state index is -0.293. The van der Waals surface area contributed by atoms with Crippen LogP contribution in [0, 0.1) is 0 Å². The van der Waals surface area contributed by atoms with E-state index in [0.29, 0.717) is 17.4 Å². The number of rotatable bonds is 6. The molecule has 2 heterocycles. The van der Waals surface area contributed by atoms with Crippen LogP contribution in [0.4, 0.5) is 11.5 Å². The second-order valence-electron chi connectivity index (χ2n) is 6.99. The average molecular weight is 366 g/mol. The van der Waals surface area contributed by atoms with E-state index in [-0.39, 0.29) is 18.1 Å². The van der Waals surface area contributed by atoms with E-state index in [9.17, 15) is 4.79 Å². The van der Waals surface area contributed by atoms with Crippen LogP contribution < -0.4 is 15.4 Å².